The first kappa shape index (κ1) is 19.7. The van der Waals surface area contributed by atoms with Gasteiger partial charge >= 0.3 is 0 Å². The molecule has 1 aliphatic rings. The molecule has 1 aromatic heterocycles. The summed E-state index contributed by atoms with van der Waals surface area (Å²) in [6.45, 7) is 1.94. The number of nitrogens with zero attached hydrogens (tertiary/aromatic N) is 1. The van der Waals surface area contributed by atoms with Crippen molar-refractivity contribution in [2.75, 3.05) is 11.1 Å². The van der Waals surface area contributed by atoms with Gasteiger partial charge in [0.1, 0.15) is 0 Å². The van der Waals surface area contributed by atoms with Crippen molar-refractivity contribution in [3.05, 3.63) is 64.7 Å². The molecule has 0 spiro atoms. The van der Waals surface area contributed by atoms with Gasteiger partial charge in [0.15, 0.2) is 0 Å². The number of thioether (sulfide) groups is 1. The fraction of sp³-hybridized carbons (Fsp3) is 0.227. The molecule has 7 heteroatoms. The van der Waals surface area contributed by atoms with Crippen molar-refractivity contribution < 1.29 is 9.59 Å². The summed E-state index contributed by atoms with van der Waals surface area (Å²) in [7, 11) is 0. The minimum absolute atomic E-state index is 0.0937. The van der Waals surface area contributed by atoms with Crippen LogP contribution in [0.1, 0.15) is 28.8 Å². The summed E-state index contributed by atoms with van der Waals surface area (Å²) in [6.07, 6.45) is 2.05. The first-order valence-corrected chi connectivity index (χ1v) is 10.8. The van der Waals surface area contributed by atoms with E-state index in [-0.39, 0.29) is 23.6 Å². The Kier molecular flexibility index (Phi) is 5.74. The molecule has 2 amide bonds. The number of aromatic nitrogens is 1. The van der Waals surface area contributed by atoms with Gasteiger partial charge < -0.3 is 10.6 Å². The second-order valence-electron chi connectivity index (χ2n) is 7.09. The number of benzene rings is 2. The smallest absolute Gasteiger partial charge is 0.252 e. The number of hydrogen-bond acceptors (Lipinski definition) is 4. The Morgan fingerprint density at radius 2 is 1.97 bits per heavy atom. The maximum Gasteiger partial charge on any atom is 0.252 e. The highest BCUT2D eigenvalue weighted by Gasteiger charge is 2.25. The molecule has 0 aliphatic heterocycles. The van der Waals surface area contributed by atoms with Crippen molar-refractivity contribution in [1.29, 1.82) is 0 Å². The van der Waals surface area contributed by atoms with Gasteiger partial charge in [-0.2, -0.15) is 0 Å². The van der Waals surface area contributed by atoms with Crippen molar-refractivity contribution in [3.63, 3.8) is 0 Å². The van der Waals surface area contributed by atoms with Crippen LogP contribution in [0.3, 0.4) is 0 Å². The summed E-state index contributed by atoms with van der Waals surface area (Å²) >= 11 is 7.47. The maximum atomic E-state index is 12.7. The van der Waals surface area contributed by atoms with Gasteiger partial charge in [0.05, 0.1) is 32.6 Å². The van der Waals surface area contributed by atoms with Crippen LogP contribution in [0, 0.1) is 6.92 Å². The van der Waals surface area contributed by atoms with E-state index in [0.717, 1.165) is 29.3 Å². The highest BCUT2D eigenvalue weighted by molar-refractivity contribution is 7.99. The number of aryl methyl sites for hydroxylation is 1. The molecule has 3 aromatic rings. The summed E-state index contributed by atoms with van der Waals surface area (Å²) in [5.41, 5.74) is 2.94. The van der Waals surface area contributed by atoms with E-state index in [2.05, 4.69) is 15.6 Å². The highest BCUT2D eigenvalue weighted by Crippen LogP contribution is 2.27. The number of halogens is 1. The molecular weight excluding hydrogens is 406 g/mol. The van der Waals surface area contributed by atoms with Crippen LogP contribution in [0.25, 0.3) is 10.9 Å². The van der Waals surface area contributed by atoms with Crippen molar-refractivity contribution in [2.24, 2.45) is 0 Å². The molecule has 0 unspecified atom stereocenters. The molecule has 0 saturated heterocycles. The second-order valence-corrected chi connectivity index (χ2v) is 8.50. The van der Waals surface area contributed by atoms with Gasteiger partial charge in [-0.15, -0.1) is 0 Å². The van der Waals surface area contributed by atoms with Gasteiger partial charge in [-0.05, 0) is 49.6 Å². The number of rotatable bonds is 6. The monoisotopic (exact) mass is 425 g/mol. The van der Waals surface area contributed by atoms with Gasteiger partial charge in [0, 0.05) is 11.4 Å². The number of nitrogens with one attached hydrogen (secondary N) is 2. The van der Waals surface area contributed by atoms with Gasteiger partial charge in [-0.3, -0.25) is 9.59 Å². The molecule has 0 radical (unpaired) electrons. The summed E-state index contributed by atoms with van der Waals surface area (Å²) in [5.74, 6) is -0.109. The molecule has 0 bridgehead atoms. The molecule has 1 saturated carbocycles. The molecular formula is C22H20ClN3O2S. The van der Waals surface area contributed by atoms with Gasteiger partial charge in [0.25, 0.3) is 5.91 Å². The Bertz CT molecular complexity index is 1100. The zero-order valence-corrected chi connectivity index (χ0v) is 17.4. The lowest BCUT2D eigenvalue weighted by Gasteiger charge is -2.10. The van der Waals surface area contributed by atoms with Crippen LogP contribution in [0.15, 0.2) is 53.6 Å². The van der Waals surface area contributed by atoms with E-state index >= 15 is 0 Å². The molecule has 5 nitrogen and oxygen atoms in total. The van der Waals surface area contributed by atoms with E-state index in [1.807, 2.05) is 37.3 Å². The zero-order chi connectivity index (χ0) is 20.4. The molecule has 1 heterocycles. The lowest BCUT2D eigenvalue weighted by Crippen LogP contribution is -2.25. The third kappa shape index (κ3) is 4.89. The van der Waals surface area contributed by atoms with Crippen LogP contribution in [-0.2, 0) is 4.79 Å². The van der Waals surface area contributed by atoms with Crippen LogP contribution in [0.5, 0.6) is 0 Å². The minimum atomic E-state index is -0.181. The Morgan fingerprint density at radius 3 is 2.72 bits per heavy atom. The lowest BCUT2D eigenvalue weighted by atomic mass is 10.1. The Morgan fingerprint density at radius 1 is 1.17 bits per heavy atom. The molecule has 2 N–H and O–H groups in total. The summed E-state index contributed by atoms with van der Waals surface area (Å²) in [5, 5.41) is 7.80. The molecule has 29 heavy (non-hydrogen) atoms. The fourth-order valence-corrected chi connectivity index (χ4v) is 3.95. The highest BCUT2D eigenvalue weighted by atomic mass is 35.5. The molecule has 1 aliphatic carbocycles. The van der Waals surface area contributed by atoms with Gasteiger partial charge in [-0.25, -0.2) is 4.98 Å². The van der Waals surface area contributed by atoms with Crippen LogP contribution in [-0.4, -0.2) is 28.6 Å². The number of anilines is 1. The van der Waals surface area contributed by atoms with Crippen LogP contribution in [0.4, 0.5) is 5.69 Å². The SMILES string of the molecule is Cc1ccc(NC(=O)CSc2cc(C(=O)NC3CC3)c3ccccc3n2)c(Cl)c1. The second kappa shape index (κ2) is 8.43. The number of pyridine rings is 1. The van der Waals surface area contributed by atoms with Crippen molar-refractivity contribution in [1.82, 2.24) is 10.3 Å². The third-order valence-electron chi connectivity index (χ3n) is 4.60. The average molecular weight is 426 g/mol. The van der Waals surface area contributed by atoms with Crippen LogP contribution >= 0.6 is 23.4 Å². The van der Waals surface area contributed by atoms with Gasteiger partial charge in [0.2, 0.25) is 5.91 Å². The summed E-state index contributed by atoms with van der Waals surface area (Å²) in [6, 6.07) is 15.1. The molecule has 2 aromatic carbocycles. The molecule has 0 atom stereocenters. The lowest BCUT2D eigenvalue weighted by molar-refractivity contribution is -0.113. The number of fused-ring (bicyclic) bond motifs is 1. The number of carbonyl (C=O) groups is 2. The summed E-state index contributed by atoms with van der Waals surface area (Å²) in [4.78, 5) is 29.6. The van der Waals surface area contributed by atoms with Crippen LogP contribution in [0.2, 0.25) is 5.02 Å². The number of carbonyl (C=O) groups excluding carboxylic acids is 2. The van der Waals surface area contributed by atoms with E-state index in [9.17, 15) is 9.59 Å². The Hall–Kier alpha value is -2.57. The minimum Gasteiger partial charge on any atom is -0.349 e. The average Bonchev–Trinajstić information content (AvgIpc) is 3.52. The standard InChI is InChI=1S/C22H20ClN3O2S/c1-13-6-9-19(17(23)10-13)25-20(27)12-29-21-11-16(22(28)24-14-7-8-14)15-4-2-3-5-18(15)26-21/h2-6,9-11,14H,7-8,12H2,1H3,(H,24,28)(H,25,27). The largest absolute Gasteiger partial charge is 0.349 e. The fourth-order valence-electron chi connectivity index (χ4n) is 2.95. The third-order valence-corrected chi connectivity index (χ3v) is 5.82. The van der Waals surface area contributed by atoms with Crippen molar-refractivity contribution >= 4 is 51.8 Å². The maximum absolute atomic E-state index is 12.7. The Balaban J connectivity index is 1.49. The van der Waals surface area contributed by atoms with E-state index in [0.29, 0.717) is 21.3 Å². The topological polar surface area (TPSA) is 71.1 Å². The Labute approximate surface area is 178 Å². The zero-order valence-electron chi connectivity index (χ0n) is 15.9. The normalized spacial score (nSPS) is 13.3. The predicted molar refractivity (Wildman–Crippen MR) is 118 cm³/mol. The van der Waals surface area contributed by atoms with Gasteiger partial charge in [-0.1, -0.05) is 47.6 Å². The quantitative estimate of drug-likeness (QED) is 0.555. The predicted octanol–water partition coefficient (Wildman–Crippen LogP) is 4.82. The number of para-hydroxylation sites is 1. The molecule has 148 valence electrons. The first-order valence-electron chi connectivity index (χ1n) is 9.39. The molecule has 4 rings (SSSR count). The first-order chi connectivity index (χ1) is 14.0. The molecule has 1 fully saturated rings. The van der Waals surface area contributed by atoms with E-state index < -0.39 is 0 Å². The van der Waals surface area contributed by atoms with E-state index in [1.165, 1.54) is 11.8 Å². The van der Waals surface area contributed by atoms with Crippen LogP contribution < -0.4 is 10.6 Å². The van der Waals surface area contributed by atoms with Crippen molar-refractivity contribution in [2.45, 2.75) is 30.8 Å². The van der Waals surface area contributed by atoms with Crippen molar-refractivity contribution in [3.8, 4) is 0 Å². The van der Waals surface area contributed by atoms with E-state index in [1.54, 1.807) is 18.2 Å². The summed E-state index contributed by atoms with van der Waals surface area (Å²) < 4.78 is 0. The number of amides is 2. The number of hydrogen-bond donors (Lipinski definition) is 2. The van der Waals surface area contributed by atoms with E-state index in [4.69, 9.17) is 11.6 Å².